The molecule has 0 aromatic heterocycles. The summed E-state index contributed by atoms with van der Waals surface area (Å²) in [5, 5.41) is 7.19. The zero-order chi connectivity index (χ0) is 8.58. The molecule has 11 heavy (non-hydrogen) atoms. The van der Waals surface area contributed by atoms with Crippen LogP contribution in [0.4, 0.5) is 26.3 Å². The van der Waals surface area contributed by atoms with Crippen LogP contribution in [0, 0.1) is 0 Å². The van der Waals surface area contributed by atoms with E-state index in [2.05, 4.69) is 0 Å². The van der Waals surface area contributed by atoms with Gasteiger partial charge in [0.1, 0.15) is 0 Å². The summed E-state index contributed by atoms with van der Waals surface area (Å²) in [5.74, 6) is 0. The molecule has 0 saturated carbocycles. The normalized spacial score (nSPS) is 15.5. The van der Waals surface area contributed by atoms with Crippen molar-refractivity contribution in [3.05, 3.63) is 0 Å². The fourth-order valence-corrected chi connectivity index (χ4v) is 0.197. The van der Waals surface area contributed by atoms with Crippen LogP contribution >= 0.6 is 0 Å². The van der Waals surface area contributed by atoms with Gasteiger partial charge in [0.05, 0.1) is 0 Å². The third-order valence-corrected chi connectivity index (χ3v) is 0.592. The van der Waals surface area contributed by atoms with Crippen molar-refractivity contribution in [3.8, 4) is 0 Å². The van der Waals surface area contributed by atoms with Crippen molar-refractivity contribution in [1.82, 2.24) is 0 Å². The fraction of sp³-hybridized carbons (Fsp3) is 1.00. The number of alkyl halides is 6. The van der Waals surface area contributed by atoms with Crippen LogP contribution in [0.5, 0.6) is 0 Å². The highest BCUT2D eigenvalue weighted by Crippen LogP contribution is 2.32. The van der Waals surface area contributed by atoms with Gasteiger partial charge >= 0.3 is 12.3 Å². The molecule has 0 saturated heterocycles. The fourth-order valence-electron chi connectivity index (χ4n) is 0.197. The summed E-state index contributed by atoms with van der Waals surface area (Å²) in [4.78, 5) is 0. The SMILES string of the molecule is OC(F)(F)C(F)C(F)(F)F.[SiH4]. The summed E-state index contributed by atoms with van der Waals surface area (Å²) in [6.45, 7) is 0. The number of rotatable bonds is 1. The minimum atomic E-state index is -5.72. The van der Waals surface area contributed by atoms with Gasteiger partial charge < -0.3 is 5.11 Å². The molecule has 0 amide bonds. The van der Waals surface area contributed by atoms with Gasteiger partial charge in [0.25, 0.3) is 6.17 Å². The summed E-state index contributed by atoms with van der Waals surface area (Å²) in [7, 11) is 0. The first kappa shape index (κ1) is 13.4. The highest BCUT2D eigenvalue weighted by Gasteiger charge is 2.56. The first-order valence-electron chi connectivity index (χ1n) is 1.96. The molecule has 0 bridgehead atoms. The monoisotopic (exact) mass is 200 g/mol. The van der Waals surface area contributed by atoms with Crippen molar-refractivity contribution >= 4 is 11.0 Å². The van der Waals surface area contributed by atoms with Crippen molar-refractivity contribution in [2.24, 2.45) is 0 Å². The van der Waals surface area contributed by atoms with Gasteiger partial charge in [-0.2, -0.15) is 22.0 Å². The summed E-state index contributed by atoms with van der Waals surface area (Å²) in [5.41, 5.74) is 0. The molecule has 0 aliphatic rings. The van der Waals surface area contributed by atoms with E-state index in [0.29, 0.717) is 0 Å². The number of aliphatic hydroxyl groups is 1. The third-order valence-electron chi connectivity index (χ3n) is 0.592. The van der Waals surface area contributed by atoms with E-state index < -0.39 is 18.5 Å². The van der Waals surface area contributed by atoms with Gasteiger partial charge in [-0.25, -0.2) is 4.39 Å². The number of hydrogen-bond donors (Lipinski definition) is 1. The molecule has 8 heteroatoms. The Morgan fingerprint density at radius 2 is 1.27 bits per heavy atom. The molecule has 1 atom stereocenters. The van der Waals surface area contributed by atoms with Crippen LogP contribution in [0.3, 0.4) is 0 Å². The zero-order valence-corrected chi connectivity index (χ0v) is 4.29. The van der Waals surface area contributed by atoms with Crippen LogP contribution < -0.4 is 0 Å². The van der Waals surface area contributed by atoms with E-state index in [0.717, 1.165) is 0 Å². The molecule has 0 aliphatic carbocycles. The Bertz CT molecular complexity index is 102. The van der Waals surface area contributed by atoms with Crippen LogP contribution in [0.25, 0.3) is 0 Å². The summed E-state index contributed by atoms with van der Waals surface area (Å²) < 4.78 is 66.2. The van der Waals surface area contributed by atoms with E-state index in [4.69, 9.17) is 5.11 Å². The first-order valence-corrected chi connectivity index (χ1v) is 1.96. The molecule has 1 N–H and O–H groups in total. The highest BCUT2D eigenvalue weighted by molar-refractivity contribution is 5.75. The van der Waals surface area contributed by atoms with Gasteiger partial charge in [-0.15, -0.1) is 0 Å². The molecular formula is C3H6F6OSi. The molecule has 0 rings (SSSR count). The predicted octanol–water partition coefficient (Wildman–Crippen LogP) is 0.0203. The van der Waals surface area contributed by atoms with E-state index in [1.807, 2.05) is 0 Å². The van der Waals surface area contributed by atoms with Gasteiger partial charge in [-0.05, 0) is 11.0 Å². The molecule has 70 valence electrons. The van der Waals surface area contributed by atoms with Gasteiger partial charge in [-0.1, -0.05) is 0 Å². The van der Waals surface area contributed by atoms with Crippen LogP contribution in [-0.2, 0) is 0 Å². The van der Waals surface area contributed by atoms with E-state index >= 15 is 0 Å². The summed E-state index contributed by atoms with van der Waals surface area (Å²) >= 11 is 0. The second-order valence-corrected chi connectivity index (χ2v) is 1.49. The molecule has 0 radical (unpaired) electrons. The van der Waals surface area contributed by atoms with E-state index in [9.17, 15) is 26.3 Å². The average Bonchev–Trinajstić information content (AvgIpc) is 1.59. The van der Waals surface area contributed by atoms with Gasteiger partial charge in [0.2, 0.25) is 0 Å². The van der Waals surface area contributed by atoms with Gasteiger partial charge in [0.15, 0.2) is 0 Å². The van der Waals surface area contributed by atoms with Crippen LogP contribution in [0.15, 0.2) is 0 Å². The van der Waals surface area contributed by atoms with Crippen molar-refractivity contribution in [1.29, 1.82) is 0 Å². The quantitative estimate of drug-likeness (QED) is 0.467. The molecule has 0 heterocycles. The molecule has 0 fully saturated rings. The predicted molar refractivity (Wildman–Crippen MR) is 29.5 cm³/mol. The number of halogens is 6. The Kier molecular flexibility index (Phi) is 4.17. The Balaban J connectivity index is 0. The second-order valence-electron chi connectivity index (χ2n) is 1.49. The first-order chi connectivity index (χ1) is 4.15. The minimum Gasteiger partial charge on any atom is -0.334 e. The maximum Gasteiger partial charge on any atom is 0.428 e. The molecular weight excluding hydrogens is 194 g/mol. The zero-order valence-electron chi connectivity index (χ0n) is 4.29. The average molecular weight is 200 g/mol. The summed E-state index contributed by atoms with van der Waals surface area (Å²) in [6, 6.07) is 0. The highest BCUT2D eigenvalue weighted by atomic mass is 28.1. The minimum absolute atomic E-state index is 0. The maximum atomic E-state index is 11.3. The number of hydrogen-bond acceptors (Lipinski definition) is 1. The van der Waals surface area contributed by atoms with Crippen LogP contribution in [-0.4, -0.2) is 34.5 Å². The standard InChI is InChI=1S/C3H2F6O.H4Si/c4-1(2(5,6)7)3(8,9)10;/h1,10H;1H4. The largest absolute Gasteiger partial charge is 0.428 e. The second kappa shape index (κ2) is 3.44. The van der Waals surface area contributed by atoms with Crippen LogP contribution in [0.2, 0.25) is 0 Å². The molecule has 1 nitrogen and oxygen atoms in total. The van der Waals surface area contributed by atoms with Crippen molar-refractivity contribution in [2.75, 3.05) is 0 Å². The van der Waals surface area contributed by atoms with Gasteiger partial charge in [-0.3, -0.25) is 0 Å². The molecule has 0 spiro atoms. The lowest BCUT2D eigenvalue weighted by Crippen LogP contribution is -2.41. The van der Waals surface area contributed by atoms with Crippen molar-refractivity contribution < 1.29 is 31.4 Å². The van der Waals surface area contributed by atoms with E-state index in [-0.39, 0.29) is 11.0 Å². The third kappa shape index (κ3) is 4.25. The molecule has 0 aliphatic heterocycles. The smallest absolute Gasteiger partial charge is 0.334 e. The Morgan fingerprint density at radius 1 is 1.00 bits per heavy atom. The molecule has 0 aromatic carbocycles. The van der Waals surface area contributed by atoms with Crippen molar-refractivity contribution in [2.45, 2.75) is 18.5 Å². The lowest BCUT2D eigenvalue weighted by atomic mass is 10.3. The van der Waals surface area contributed by atoms with E-state index in [1.165, 1.54) is 0 Å². The Labute approximate surface area is 62.0 Å². The molecule has 0 aromatic rings. The molecule has 1 unspecified atom stereocenters. The van der Waals surface area contributed by atoms with Crippen LogP contribution in [0.1, 0.15) is 0 Å². The summed E-state index contributed by atoms with van der Waals surface area (Å²) in [6.07, 6.45) is -15.6. The lowest BCUT2D eigenvalue weighted by Gasteiger charge is -2.16. The Morgan fingerprint density at radius 3 is 1.27 bits per heavy atom. The topological polar surface area (TPSA) is 20.2 Å². The van der Waals surface area contributed by atoms with Gasteiger partial charge in [0, 0.05) is 0 Å². The Hall–Kier alpha value is -0.243. The van der Waals surface area contributed by atoms with Crippen molar-refractivity contribution in [3.63, 3.8) is 0 Å². The maximum absolute atomic E-state index is 11.3. The lowest BCUT2D eigenvalue weighted by molar-refractivity contribution is -0.317. The van der Waals surface area contributed by atoms with E-state index in [1.54, 1.807) is 0 Å².